The van der Waals surface area contributed by atoms with Gasteiger partial charge in [0.25, 0.3) is 11.8 Å². The minimum absolute atomic E-state index is 0. The van der Waals surface area contributed by atoms with Gasteiger partial charge in [0.15, 0.2) is 10.8 Å². The second-order valence-corrected chi connectivity index (χ2v) is 9.47. The molecule has 0 saturated carbocycles. The Balaban J connectivity index is 0.00000289. The molecule has 1 aliphatic rings. The Kier molecular flexibility index (Phi) is 9.36. The summed E-state index contributed by atoms with van der Waals surface area (Å²) in [6.07, 6.45) is -0.0584. The molecule has 2 atom stereocenters. The number of anilines is 1. The zero-order valence-electron chi connectivity index (χ0n) is 18.3. The summed E-state index contributed by atoms with van der Waals surface area (Å²) in [5, 5.41) is 9.23. The van der Waals surface area contributed by atoms with E-state index in [1.807, 2.05) is 0 Å². The molecule has 4 N–H and O–H groups in total. The van der Waals surface area contributed by atoms with Crippen molar-refractivity contribution < 1.29 is 67.9 Å². The maximum absolute atomic E-state index is 12.7. The van der Waals surface area contributed by atoms with Gasteiger partial charge in [0.05, 0.1) is 6.42 Å². The standard InChI is InChI=1S/C16H17N5O8S3.Na.H/c1-28-20-12(9-7-31-16(17)18-9)14(23)19-13-10(21(15(13)24)32(25,26)27)6-29-11(22)5-8-3-2-4-30-8;;/h2-4,7,10,13H,5-6H2,1H3,(H2,17,18)(H,19,23)(H,25,26,27);;/q;+1;-1/b20-12-;;. The number of β-lactam (4-membered cyclic amide) rings is 1. The number of oxime groups is 1. The van der Waals surface area contributed by atoms with Crippen LogP contribution in [0.1, 0.15) is 12.0 Å². The minimum Gasteiger partial charge on any atom is -1.00 e. The molecule has 2 amide bonds. The Labute approximate surface area is 219 Å². The van der Waals surface area contributed by atoms with Crippen molar-refractivity contribution in [2.45, 2.75) is 18.5 Å². The average molecular weight is 528 g/mol. The van der Waals surface area contributed by atoms with E-state index in [4.69, 9.17) is 10.5 Å². The molecule has 0 aromatic carbocycles. The maximum atomic E-state index is 12.7. The molecule has 1 aliphatic heterocycles. The van der Waals surface area contributed by atoms with Gasteiger partial charge in [-0.2, -0.15) is 8.42 Å². The summed E-state index contributed by atoms with van der Waals surface area (Å²) in [6.45, 7) is -0.582. The summed E-state index contributed by atoms with van der Waals surface area (Å²) in [6, 6.07) is 0.683. The van der Waals surface area contributed by atoms with Gasteiger partial charge in [0.2, 0.25) is 0 Å². The van der Waals surface area contributed by atoms with Gasteiger partial charge in [-0.25, -0.2) is 9.29 Å². The van der Waals surface area contributed by atoms with E-state index in [-0.39, 0.29) is 58.2 Å². The van der Waals surface area contributed by atoms with Crippen LogP contribution in [0.5, 0.6) is 0 Å². The van der Waals surface area contributed by atoms with Gasteiger partial charge < -0.3 is 22.1 Å². The molecular formula is C16H18N5NaO8S3. The second-order valence-electron chi connectivity index (χ2n) is 6.26. The third-order valence-electron chi connectivity index (χ3n) is 4.18. The summed E-state index contributed by atoms with van der Waals surface area (Å²) in [7, 11) is -3.76. The van der Waals surface area contributed by atoms with E-state index in [2.05, 4.69) is 20.3 Å². The number of thiophene rings is 1. The van der Waals surface area contributed by atoms with Crippen LogP contribution in [-0.2, 0) is 40.7 Å². The number of esters is 1. The Morgan fingerprint density at radius 3 is 2.70 bits per heavy atom. The molecule has 33 heavy (non-hydrogen) atoms. The first-order valence-electron chi connectivity index (χ1n) is 8.74. The number of carbonyl (C=O) groups is 3. The molecule has 13 nitrogen and oxygen atoms in total. The van der Waals surface area contributed by atoms with E-state index in [0.717, 1.165) is 16.2 Å². The largest absolute Gasteiger partial charge is 1.00 e. The Morgan fingerprint density at radius 2 is 2.15 bits per heavy atom. The SMILES string of the molecule is CO/N=C(\C(=O)NC1C(=O)N(S(=O)(=O)O)C1COC(=O)Cc1cccs1)c1csc(N)n1.[H-].[Na+]. The smallest absolute Gasteiger partial charge is 1.00 e. The molecule has 0 aliphatic carbocycles. The van der Waals surface area contributed by atoms with Gasteiger partial charge in [-0.15, -0.1) is 22.7 Å². The van der Waals surface area contributed by atoms with Crippen molar-refractivity contribution in [3.05, 3.63) is 33.5 Å². The van der Waals surface area contributed by atoms with Crippen LogP contribution in [-0.4, -0.2) is 71.6 Å². The summed E-state index contributed by atoms with van der Waals surface area (Å²) in [5.74, 6) is -2.71. The fourth-order valence-electron chi connectivity index (χ4n) is 2.81. The fourth-order valence-corrected chi connectivity index (χ4v) is 4.92. The second kappa shape index (κ2) is 11.4. The first kappa shape index (κ1) is 27.2. The van der Waals surface area contributed by atoms with Crippen LogP contribution in [0.3, 0.4) is 0 Å². The normalized spacial score (nSPS) is 18.2. The molecule has 0 radical (unpaired) electrons. The van der Waals surface area contributed by atoms with E-state index in [9.17, 15) is 27.4 Å². The van der Waals surface area contributed by atoms with Crippen LogP contribution >= 0.6 is 22.7 Å². The van der Waals surface area contributed by atoms with Gasteiger partial charge >= 0.3 is 45.8 Å². The molecule has 2 aromatic rings. The van der Waals surface area contributed by atoms with Gasteiger partial charge in [-0.3, -0.25) is 18.9 Å². The number of carbonyl (C=O) groups excluding carboxylic acids is 3. The van der Waals surface area contributed by atoms with Gasteiger partial charge in [-0.05, 0) is 11.4 Å². The molecule has 3 rings (SSSR count). The third kappa shape index (κ3) is 6.50. The summed E-state index contributed by atoms with van der Waals surface area (Å²) in [5.41, 5.74) is 5.31. The van der Waals surface area contributed by atoms with Crippen molar-refractivity contribution in [2.24, 2.45) is 5.16 Å². The van der Waals surface area contributed by atoms with Crippen LogP contribution in [0.25, 0.3) is 0 Å². The predicted molar refractivity (Wildman–Crippen MR) is 114 cm³/mol. The van der Waals surface area contributed by atoms with E-state index in [1.54, 1.807) is 17.5 Å². The van der Waals surface area contributed by atoms with E-state index >= 15 is 0 Å². The number of hydrogen-bond acceptors (Lipinski definition) is 12. The number of nitrogens with zero attached hydrogens (tertiary/aromatic N) is 3. The van der Waals surface area contributed by atoms with Gasteiger partial charge in [0, 0.05) is 10.3 Å². The zero-order chi connectivity index (χ0) is 23.5. The van der Waals surface area contributed by atoms with Crippen molar-refractivity contribution in [3.8, 4) is 0 Å². The zero-order valence-corrected chi connectivity index (χ0v) is 21.8. The minimum atomic E-state index is -4.95. The number of hydrogen-bond donors (Lipinski definition) is 3. The number of amides is 2. The van der Waals surface area contributed by atoms with E-state index in [0.29, 0.717) is 0 Å². The number of ether oxygens (including phenoxy) is 1. The first-order valence-corrected chi connectivity index (χ1v) is 11.9. The topological polar surface area (TPSA) is 191 Å². The van der Waals surface area contributed by atoms with Crippen LogP contribution in [0.15, 0.2) is 28.0 Å². The Hall–Kier alpha value is -2.08. The summed E-state index contributed by atoms with van der Waals surface area (Å²) >= 11 is 2.37. The first-order chi connectivity index (χ1) is 15.1. The van der Waals surface area contributed by atoms with Gasteiger partial charge in [0.1, 0.15) is 31.5 Å². The predicted octanol–water partition coefficient (Wildman–Crippen LogP) is -3.46. The number of aromatic nitrogens is 1. The van der Waals surface area contributed by atoms with Crippen LogP contribution in [0.2, 0.25) is 0 Å². The molecule has 2 unspecified atom stereocenters. The van der Waals surface area contributed by atoms with Crippen molar-refractivity contribution in [3.63, 3.8) is 0 Å². The molecule has 174 valence electrons. The molecule has 3 heterocycles. The summed E-state index contributed by atoms with van der Waals surface area (Å²) < 4.78 is 37.7. The monoisotopic (exact) mass is 527 g/mol. The van der Waals surface area contributed by atoms with Crippen molar-refractivity contribution in [2.75, 3.05) is 19.5 Å². The van der Waals surface area contributed by atoms with E-state index < -0.39 is 46.8 Å². The van der Waals surface area contributed by atoms with Gasteiger partial charge in [-0.1, -0.05) is 11.2 Å². The van der Waals surface area contributed by atoms with Crippen molar-refractivity contribution >= 4 is 61.6 Å². The molecule has 1 fully saturated rings. The molecule has 0 spiro atoms. The Morgan fingerprint density at radius 1 is 1.42 bits per heavy atom. The van der Waals surface area contributed by atoms with E-state index in [1.165, 1.54) is 23.8 Å². The molecule has 0 bridgehead atoms. The maximum Gasteiger partial charge on any atom is 1.00 e. The fraction of sp³-hybridized carbons (Fsp3) is 0.312. The van der Waals surface area contributed by atoms with Crippen LogP contribution in [0, 0.1) is 0 Å². The molecule has 2 aromatic heterocycles. The van der Waals surface area contributed by atoms with Crippen LogP contribution in [0.4, 0.5) is 5.13 Å². The van der Waals surface area contributed by atoms with Crippen molar-refractivity contribution in [1.82, 2.24) is 14.6 Å². The Bertz CT molecular complexity index is 1160. The molecule has 1 saturated heterocycles. The summed E-state index contributed by atoms with van der Waals surface area (Å²) in [4.78, 5) is 46.3. The number of rotatable bonds is 9. The van der Waals surface area contributed by atoms with Crippen molar-refractivity contribution in [1.29, 1.82) is 0 Å². The third-order valence-corrected chi connectivity index (χ3v) is 6.68. The number of nitrogens with one attached hydrogen (secondary N) is 1. The average Bonchev–Trinajstić information content (AvgIpc) is 3.37. The molecular weight excluding hydrogens is 509 g/mol. The number of nitrogens with two attached hydrogens (primary N) is 1. The quantitative estimate of drug-likeness (QED) is 0.0738. The number of nitrogen functional groups attached to an aromatic ring is 1. The van der Waals surface area contributed by atoms with Crippen LogP contribution < -0.4 is 40.6 Å². The number of thiazole rings is 1. The molecule has 17 heteroatoms.